The molecule has 0 bridgehead atoms. The molecule has 0 aliphatic carbocycles. The molecule has 0 radical (unpaired) electrons. The zero-order valence-electron chi connectivity index (χ0n) is 4.96. The highest BCUT2D eigenvalue weighted by molar-refractivity contribution is 4.32. The summed E-state index contributed by atoms with van der Waals surface area (Å²) in [5.74, 6) is 4.69. The predicted octanol–water partition coefficient (Wildman–Crippen LogP) is -0.802. The van der Waals surface area contributed by atoms with Gasteiger partial charge >= 0.3 is 0 Å². The maximum atomic E-state index is 5.21. The maximum absolute atomic E-state index is 5.21. The monoisotopic (exact) mass is 120 g/mol. The Morgan fingerprint density at radius 2 is 2.12 bits per heavy atom. The molecule has 4 N–H and O–H groups in total. The highest BCUT2D eigenvalue weighted by atomic mass is 16.6. The maximum Gasteiger partial charge on any atom is 0.102 e. The fourth-order valence-corrected chi connectivity index (χ4v) is 0.282. The largest absolute Gasteiger partial charge is 0.361 e. The second-order valence-corrected chi connectivity index (χ2v) is 1.45. The zero-order chi connectivity index (χ0) is 6.41. The Bertz CT molecular complexity index is 49.3. The van der Waals surface area contributed by atoms with E-state index in [2.05, 4.69) is 4.84 Å². The van der Waals surface area contributed by atoms with E-state index in [0.717, 1.165) is 0 Å². The van der Waals surface area contributed by atoms with Crippen molar-refractivity contribution in [1.29, 1.82) is 0 Å². The van der Waals surface area contributed by atoms with Crippen LogP contribution in [0.4, 0.5) is 0 Å². The summed E-state index contributed by atoms with van der Waals surface area (Å²) in [6.45, 7) is 2.59. The van der Waals surface area contributed by atoms with Crippen molar-refractivity contribution in [2.75, 3.05) is 13.2 Å². The highest BCUT2D eigenvalue weighted by Crippen LogP contribution is 1.77. The molecule has 0 saturated heterocycles. The number of rotatable bonds is 4. The van der Waals surface area contributed by atoms with E-state index in [-0.39, 0.29) is 6.23 Å². The number of hydrogen-bond donors (Lipinski definition) is 2. The molecule has 0 rings (SSSR count). The lowest BCUT2D eigenvalue weighted by Gasteiger charge is -2.04. The SMILES string of the molecule is CC(N)OCCON. The van der Waals surface area contributed by atoms with Gasteiger partial charge in [0.25, 0.3) is 0 Å². The van der Waals surface area contributed by atoms with Crippen LogP contribution in [-0.2, 0) is 9.57 Å². The lowest BCUT2D eigenvalue weighted by Crippen LogP contribution is -2.22. The molecular formula is C4H12N2O2. The summed E-state index contributed by atoms with van der Waals surface area (Å²) in [4.78, 5) is 4.21. The third kappa shape index (κ3) is 5.84. The van der Waals surface area contributed by atoms with Crippen molar-refractivity contribution in [3.63, 3.8) is 0 Å². The molecule has 0 aromatic rings. The third-order valence-corrected chi connectivity index (χ3v) is 0.582. The van der Waals surface area contributed by atoms with Crippen molar-refractivity contribution in [2.24, 2.45) is 11.6 Å². The first kappa shape index (κ1) is 7.84. The number of nitrogens with two attached hydrogens (primary N) is 2. The van der Waals surface area contributed by atoms with E-state index in [1.54, 1.807) is 6.92 Å². The van der Waals surface area contributed by atoms with Gasteiger partial charge < -0.3 is 15.3 Å². The fraction of sp³-hybridized carbons (Fsp3) is 1.00. The van der Waals surface area contributed by atoms with Crippen LogP contribution in [0.5, 0.6) is 0 Å². The first-order valence-corrected chi connectivity index (χ1v) is 2.46. The molecule has 1 atom stereocenters. The minimum atomic E-state index is -0.231. The fourth-order valence-electron chi connectivity index (χ4n) is 0.282. The molecule has 0 amide bonds. The minimum Gasteiger partial charge on any atom is -0.361 e. The Balaban J connectivity index is 2.72. The summed E-state index contributed by atoms with van der Waals surface area (Å²) in [6, 6.07) is 0. The molecule has 4 nitrogen and oxygen atoms in total. The van der Waals surface area contributed by atoms with Crippen LogP contribution < -0.4 is 11.6 Å². The molecule has 0 heterocycles. The van der Waals surface area contributed by atoms with E-state index in [1.807, 2.05) is 0 Å². The Hall–Kier alpha value is -0.160. The Labute approximate surface area is 48.7 Å². The van der Waals surface area contributed by atoms with Crippen molar-refractivity contribution < 1.29 is 9.57 Å². The molecule has 0 fully saturated rings. The van der Waals surface area contributed by atoms with Crippen molar-refractivity contribution in [2.45, 2.75) is 13.2 Å². The van der Waals surface area contributed by atoms with Gasteiger partial charge in [-0.3, -0.25) is 0 Å². The predicted molar refractivity (Wildman–Crippen MR) is 29.7 cm³/mol. The van der Waals surface area contributed by atoms with Crippen LogP contribution in [0.25, 0.3) is 0 Å². The number of hydrogen-bond acceptors (Lipinski definition) is 4. The zero-order valence-corrected chi connectivity index (χ0v) is 4.96. The smallest absolute Gasteiger partial charge is 0.102 e. The standard InChI is InChI=1S/C4H12N2O2/c1-4(5)7-2-3-8-6/h4H,2-3,5-6H2,1H3. The highest BCUT2D eigenvalue weighted by Gasteiger charge is 1.89. The molecule has 0 aromatic carbocycles. The van der Waals surface area contributed by atoms with E-state index < -0.39 is 0 Å². The summed E-state index contributed by atoms with van der Waals surface area (Å²) in [7, 11) is 0. The molecule has 0 spiro atoms. The second kappa shape index (κ2) is 4.99. The first-order chi connectivity index (χ1) is 3.77. The average Bonchev–Trinajstić information content (AvgIpc) is 1.66. The Morgan fingerprint density at radius 1 is 1.50 bits per heavy atom. The van der Waals surface area contributed by atoms with Gasteiger partial charge in [-0.2, -0.15) is 0 Å². The topological polar surface area (TPSA) is 70.5 Å². The van der Waals surface area contributed by atoms with Crippen LogP contribution >= 0.6 is 0 Å². The minimum absolute atomic E-state index is 0.231. The normalized spacial score (nSPS) is 13.9. The third-order valence-electron chi connectivity index (χ3n) is 0.582. The molecule has 4 heteroatoms. The summed E-state index contributed by atoms with van der Waals surface area (Å²) < 4.78 is 4.86. The van der Waals surface area contributed by atoms with Gasteiger partial charge in [0.2, 0.25) is 0 Å². The summed E-state index contributed by atoms with van der Waals surface area (Å²) in [5, 5.41) is 0. The van der Waals surface area contributed by atoms with Gasteiger partial charge in [0.15, 0.2) is 0 Å². The van der Waals surface area contributed by atoms with Crippen LogP contribution in [-0.4, -0.2) is 19.4 Å². The van der Waals surface area contributed by atoms with Gasteiger partial charge in [-0.15, -0.1) is 0 Å². The summed E-state index contributed by atoms with van der Waals surface area (Å²) >= 11 is 0. The molecule has 0 aliphatic heterocycles. The van der Waals surface area contributed by atoms with Gasteiger partial charge in [0.05, 0.1) is 13.2 Å². The van der Waals surface area contributed by atoms with E-state index in [1.165, 1.54) is 0 Å². The lowest BCUT2D eigenvalue weighted by molar-refractivity contribution is 0.0146. The molecule has 8 heavy (non-hydrogen) atoms. The van der Waals surface area contributed by atoms with Crippen LogP contribution in [0.1, 0.15) is 6.92 Å². The van der Waals surface area contributed by atoms with Gasteiger partial charge in [0.1, 0.15) is 6.23 Å². The molecule has 0 aromatic heterocycles. The van der Waals surface area contributed by atoms with Gasteiger partial charge in [-0.25, -0.2) is 5.90 Å². The number of ether oxygens (including phenoxy) is 1. The van der Waals surface area contributed by atoms with Crippen LogP contribution in [0.15, 0.2) is 0 Å². The van der Waals surface area contributed by atoms with Gasteiger partial charge in [0, 0.05) is 0 Å². The summed E-state index contributed by atoms with van der Waals surface area (Å²) in [5.41, 5.74) is 5.21. The van der Waals surface area contributed by atoms with E-state index >= 15 is 0 Å². The van der Waals surface area contributed by atoms with Crippen molar-refractivity contribution >= 4 is 0 Å². The molecule has 0 aliphatic rings. The molecule has 1 unspecified atom stereocenters. The van der Waals surface area contributed by atoms with Gasteiger partial charge in [-0.1, -0.05) is 0 Å². The van der Waals surface area contributed by atoms with Crippen LogP contribution in [0.2, 0.25) is 0 Å². The van der Waals surface area contributed by atoms with Gasteiger partial charge in [-0.05, 0) is 6.92 Å². The molecule has 50 valence electrons. The van der Waals surface area contributed by atoms with Crippen LogP contribution in [0.3, 0.4) is 0 Å². The van der Waals surface area contributed by atoms with E-state index in [0.29, 0.717) is 13.2 Å². The molecule has 0 saturated carbocycles. The van der Waals surface area contributed by atoms with Crippen molar-refractivity contribution in [1.82, 2.24) is 0 Å². The quantitative estimate of drug-likeness (QED) is 0.289. The van der Waals surface area contributed by atoms with Crippen molar-refractivity contribution in [3.05, 3.63) is 0 Å². The van der Waals surface area contributed by atoms with Crippen molar-refractivity contribution in [3.8, 4) is 0 Å². The Kier molecular flexibility index (Phi) is 4.89. The summed E-state index contributed by atoms with van der Waals surface area (Å²) in [6.07, 6.45) is -0.231. The molecular weight excluding hydrogens is 108 g/mol. The van der Waals surface area contributed by atoms with E-state index in [9.17, 15) is 0 Å². The van der Waals surface area contributed by atoms with Crippen LogP contribution in [0, 0.1) is 0 Å². The first-order valence-electron chi connectivity index (χ1n) is 2.46. The van der Waals surface area contributed by atoms with E-state index in [4.69, 9.17) is 16.4 Å². The Morgan fingerprint density at radius 3 is 2.50 bits per heavy atom. The average molecular weight is 120 g/mol. The lowest BCUT2D eigenvalue weighted by atomic mass is 10.7. The second-order valence-electron chi connectivity index (χ2n) is 1.45.